The van der Waals surface area contributed by atoms with E-state index in [1.807, 2.05) is 13.8 Å². The smallest absolute Gasteiger partial charge is 0.140 e. The lowest BCUT2D eigenvalue weighted by Gasteiger charge is -1.86. The highest BCUT2D eigenvalue weighted by molar-refractivity contribution is 5.85. The summed E-state index contributed by atoms with van der Waals surface area (Å²) in [6.45, 7) is 3.83. The third kappa shape index (κ3) is 1.30. The van der Waals surface area contributed by atoms with Crippen LogP contribution < -0.4 is 5.73 Å². The molecule has 0 spiro atoms. The molecule has 2 N–H and O–H groups in total. The molecule has 2 unspecified atom stereocenters. The van der Waals surface area contributed by atoms with Gasteiger partial charge in [-0.25, -0.2) is 0 Å². The molecule has 1 heterocycles. The predicted molar refractivity (Wildman–Crippen MR) is 30.4 cm³/mol. The Bertz CT molecular complexity index is 74.1. The minimum absolute atomic E-state index is 0. The van der Waals surface area contributed by atoms with E-state index in [0.29, 0.717) is 0 Å². The Balaban J connectivity index is 0.000000360. The number of hydrogen-bond donors (Lipinski definition) is 1. The van der Waals surface area contributed by atoms with Gasteiger partial charge in [-0.15, -0.1) is 12.4 Å². The first-order chi connectivity index (χ1) is 2.63. The molecule has 0 aromatic heterocycles. The third-order valence-electron chi connectivity index (χ3n) is 1.18. The Labute approximate surface area is 49.4 Å². The van der Waals surface area contributed by atoms with E-state index in [4.69, 9.17) is 10.5 Å². The van der Waals surface area contributed by atoms with Crippen molar-refractivity contribution in [3.63, 3.8) is 0 Å². The maximum absolute atomic E-state index is 5.39. The Hall–Kier alpha value is 0.210. The topological polar surface area (TPSA) is 38.5 Å². The SMILES string of the molecule is CC1OC1(C)N.Cl. The minimum atomic E-state index is -0.292. The summed E-state index contributed by atoms with van der Waals surface area (Å²) in [5, 5.41) is 0. The molecule has 0 radical (unpaired) electrons. The Morgan fingerprint density at radius 3 is 1.86 bits per heavy atom. The molecular weight excluding hydrogens is 114 g/mol. The molecule has 1 aliphatic rings. The van der Waals surface area contributed by atoms with Crippen molar-refractivity contribution in [2.24, 2.45) is 5.73 Å². The summed E-state index contributed by atoms with van der Waals surface area (Å²) in [4.78, 5) is 0. The quantitative estimate of drug-likeness (QED) is 0.477. The first-order valence-electron chi connectivity index (χ1n) is 2.09. The molecule has 2 atom stereocenters. The van der Waals surface area contributed by atoms with E-state index in [0.717, 1.165) is 0 Å². The second-order valence-corrected chi connectivity index (χ2v) is 1.94. The van der Waals surface area contributed by atoms with Gasteiger partial charge in [0.2, 0.25) is 0 Å². The van der Waals surface area contributed by atoms with Gasteiger partial charge in [-0.2, -0.15) is 0 Å². The second kappa shape index (κ2) is 1.62. The van der Waals surface area contributed by atoms with Crippen LogP contribution in [0.15, 0.2) is 0 Å². The van der Waals surface area contributed by atoms with Gasteiger partial charge in [0.05, 0.1) is 6.10 Å². The average Bonchev–Trinajstić information content (AvgIpc) is 1.73. The Morgan fingerprint density at radius 1 is 1.71 bits per heavy atom. The van der Waals surface area contributed by atoms with Crippen LogP contribution in [0.4, 0.5) is 0 Å². The van der Waals surface area contributed by atoms with Crippen molar-refractivity contribution < 1.29 is 4.74 Å². The van der Waals surface area contributed by atoms with Crippen LogP contribution >= 0.6 is 12.4 Å². The van der Waals surface area contributed by atoms with Crippen LogP contribution in [0, 0.1) is 0 Å². The van der Waals surface area contributed by atoms with Crippen molar-refractivity contribution in [1.82, 2.24) is 0 Å². The van der Waals surface area contributed by atoms with Crippen molar-refractivity contribution in [2.45, 2.75) is 25.7 Å². The molecule has 44 valence electrons. The lowest BCUT2D eigenvalue weighted by Crippen LogP contribution is -2.20. The van der Waals surface area contributed by atoms with E-state index >= 15 is 0 Å². The molecule has 1 rings (SSSR count). The van der Waals surface area contributed by atoms with Crippen molar-refractivity contribution in [2.75, 3.05) is 0 Å². The molecule has 2 nitrogen and oxygen atoms in total. The Morgan fingerprint density at radius 2 is 1.86 bits per heavy atom. The van der Waals surface area contributed by atoms with Gasteiger partial charge >= 0.3 is 0 Å². The van der Waals surface area contributed by atoms with E-state index in [-0.39, 0.29) is 24.2 Å². The van der Waals surface area contributed by atoms with E-state index in [1.54, 1.807) is 0 Å². The van der Waals surface area contributed by atoms with Crippen LogP contribution in [0.5, 0.6) is 0 Å². The number of halogens is 1. The molecule has 0 aromatic carbocycles. The molecule has 0 bridgehead atoms. The van der Waals surface area contributed by atoms with Gasteiger partial charge in [0, 0.05) is 0 Å². The van der Waals surface area contributed by atoms with Crippen LogP contribution in [0.3, 0.4) is 0 Å². The molecule has 1 fully saturated rings. The summed E-state index contributed by atoms with van der Waals surface area (Å²) in [7, 11) is 0. The first kappa shape index (κ1) is 7.21. The molecule has 7 heavy (non-hydrogen) atoms. The van der Waals surface area contributed by atoms with Gasteiger partial charge in [-0.05, 0) is 13.8 Å². The number of ether oxygens (including phenoxy) is 1. The third-order valence-corrected chi connectivity index (χ3v) is 1.18. The average molecular weight is 124 g/mol. The lowest BCUT2D eigenvalue weighted by atomic mass is 10.3. The molecule has 0 saturated carbocycles. The molecule has 1 saturated heterocycles. The molecule has 0 aliphatic carbocycles. The van der Waals surface area contributed by atoms with Crippen LogP contribution in [-0.2, 0) is 4.74 Å². The standard InChI is InChI=1S/C4H9NO.ClH/c1-3-4(2,5)6-3;/h3H,5H2,1-2H3;1H. The summed E-state index contributed by atoms with van der Waals surface area (Å²) in [6.07, 6.45) is 0.275. The zero-order valence-electron chi connectivity index (χ0n) is 4.47. The second-order valence-electron chi connectivity index (χ2n) is 1.94. The largest absolute Gasteiger partial charge is 0.351 e. The summed E-state index contributed by atoms with van der Waals surface area (Å²) >= 11 is 0. The predicted octanol–water partition coefficient (Wildman–Crippen LogP) is 0.502. The van der Waals surface area contributed by atoms with Crippen LogP contribution in [0.1, 0.15) is 13.8 Å². The molecule has 3 heteroatoms. The maximum atomic E-state index is 5.39. The van der Waals surface area contributed by atoms with E-state index in [9.17, 15) is 0 Å². The van der Waals surface area contributed by atoms with Gasteiger partial charge in [0.15, 0.2) is 0 Å². The number of rotatable bonds is 0. The van der Waals surface area contributed by atoms with Gasteiger partial charge in [0.1, 0.15) is 5.72 Å². The normalized spacial score (nSPS) is 47.6. The monoisotopic (exact) mass is 123 g/mol. The number of hydrogen-bond acceptors (Lipinski definition) is 2. The van der Waals surface area contributed by atoms with Gasteiger partial charge in [-0.3, -0.25) is 0 Å². The fourth-order valence-electron chi connectivity index (χ4n) is 0.347. The highest BCUT2D eigenvalue weighted by Crippen LogP contribution is 2.28. The summed E-state index contributed by atoms with van der Waals surface area (Å²) in [6, 6.07) is 0. The molecule has 0 aromatic rings. The molecular formula is C4H10ClNO. The van der Waals surface area contributed by atoms with Crippen molar-refractivity contribution in [1.29, 1.82) is 0 Å². The summed E-state index contributed by atoms with van der Waals surface area (Å²) < 4.78 is 4.88. The van der Waals surface area contributed by atoms with Gasteiger partial charge in [-0.1, -0.05) is 0 Å². The molecule has 1 aliphatic heterocycles. The number of nitrogens with two attached hydrogens (primary N) is 1. The highest BCUT2D eigenvalue weighted by atomic mass is 35.5. The van der Waals surface area contributed by atoms with Gasteiger partial charge < -0.3 is 10.5 Å². The van der Waals surface area contributed by atoms with E-state index < -0.39 is 0 Å². The van der Waals surface area contributed by atoms with E-state index in [1.165, 1.54) is 0 Å². The van der Waals surface area contributed by atoms with Gasteiger partial charge in [0.25, 0.3) is 0 Å². The zero-order chi connectivity index (χ0) is 4.78. The summed E-state index contributed by atoms with van der Waals surface area (Å²) in [5.74, 6) is 0. The van der Waals surface area contributed by atoms with Crippen LogP contribution in [-0.4, -0.2) is 11.8 Å². The van der Waals surface area contributed by atoms with Crippen molar-refractivity contribution >= 4 is 12.4 Å². The fourth-order valence-corrected chi connectivity index (χ4v) is 0.347. The van der Waals surface area contributed by atoms with E-state index in [2.05, 4.69) is 0 Å². The van der Waals surface area contributed by atoms with Crippen LogP contribution in [0.2, 0.25) is 0 Å². The Kier molecular flexibility index (Phi) is 1.67. The fraction of sp³-hybridized carbons (Fsp3) is 1.00. The summed E-state index contributed by atoms with van der Waals surface area (Å²) in [5.41, 5.74) is 5.09. The lowest BCUT2D eigenvalue weighted by molar-refractivity contribution is 0.318. The first-order valence-corrected chi connectivity index (χ1v) is 2.09. The minimum Gasteiger partial charge on any atom is -0.351 e. The highest BCUT2D eigenvalue weighted by Gasteiger charge is 2.44. The zero-order valence-corrected chi connectivity index (χ0v) is 5.29. The molecule has 0 amide bonds. The maximum Gasteiger partial charge on any atom is 0.140 e. The van der Waals surface area contributed by atoms with Crippen molar-refractivity contribution in [3.05, 3.63) is 0 Å². The number of epoxide rings is 1. The van der Waals surface area contributed by atoms with Crippen LogP contribution in [0.25, 0.3) is 0 Å². The van der Waals surface area contributed by atoms with Crippen molar-refractivity contribution in [3.8, 4) is 0 Å².